The van der Waals surface area contributed by atoms with Crippen molar-refractivity contribution in [1.29, 1.82) is 0 Å². The zero-order valence-corrected chi connectivity index (χ0v) is 30.9. The number of hydrogen-bond acceptors (Lipinski definition) is 3. The maximum Gasteiger partial charge on any atom is 0.584 e. The molecule has 0 aliphatic heterocycles. The molecule has 0 heterocycles. The van der Waals surface area contributed by atoms with Crippen molar-refractivity contribution >= 4 is 7.82 Å². The summed E-state index contributed by atoms with van der Waals surface area (Å²) >= 11 is 0. The molecule has 234 valence electrons. The van der Waals surface area contributed by atoms with Crippen molar-refractivity contribution in [2.75, 3.05) is 0 Å². The first-order valence-electron chi connectivity index (χ1n) is 16.9. The largest absolute Gasteiger partial charge is 0.584 e. The number of phosphoric acid groups is 1. The molecule has 42 heavy (non-hydrogen) atoms. The minimum atomic E-state index is -4.26. The van der Waals surface area contributed by atoms with Crippen molar-refractivity contribution in [2.24, 2.45) is 0 Å². The van der Waals surface area contributed by atoms with E-state index in [1.807, 2.05) is 24.3 Å². The molecule has 0 amide bonds. The Kier molecular flexibility index (Phi) is 23.3. The van der Waals surface area contributed by atoms with Crippen LogP contribution in [0.3, 0.4) is 0 Å². The molecule has 2 rings (SSSR count). The van der Waals surface area contributed by atoms with E-state index < -0.39 is 7.82 Å². The van der Waals surface area contributed by atoms with Gasteiger partial charge in [-0.05, 0) is 61.1 Å². The van der Waals surface area contributed by atoms with Crippen LogP contribution in [0.4, 0.5) is 0 Å². The fraction of sp³-hybridized carbons (Fsp3) is 0.667. The summed E-state index contributed by atoms with van der Waals surface area (Å²) in [7, 11) is -4.26. The minimum Gasteiger partial charge on any atom is -0.395 e. The molecule has 0 aromatic heterocycles. The maximum atomic E-state index is 12.6. The molecule has 0 unspecified atom stereocenters. The molecule has 0 bridgehead atoms. The van der Waals surface area contributed by atoms with Crippen LogP contribution in [-0.2, 0) is 36.9 Å². The smallest absolute Gasteiger partial charge is 0.395 e. The van der Waals surface area contributed by atoms with Gasteiger partial charge in [-0.15, -0.1) is 0 Å². The van der Waals surface area contributed by atoms with E-state index in [0.717, 1.165) is 12.8 Å². The molecule has 4 nitrogen and oxygen atoms in total. The van der Waals surface area contributed by atoms with Gasteiger partial charge in [0.25, 0.3) is 0 Å². The van der Waals surface area contributed by atoms with Gasteiger partial charge in [-0.3, -0.25) is 4.89 Å². The molecule has 6 heteroatoms. The molecular weight excluding hydrogens is 593 g/mol. The van der Waals surface area contributed by atoms with Crippen LogP contribution in [0.5, 0.6) is 11.5 Å². The Morgan fingerprint density at radius 3 is 1.02 bits per heavy atom. The molecule has 0 spiro atoms. The van der Waals surface area contributed by atoms with Crippen LogP contribution in [-0.4, -0.2) is 4.89 Å². The Balaban J connectivity index is 0.00000882. The third-order valence-electron chi connectivity index (χ3n) is 7.93. The van der Waals surface area contributed by atoms with E-state index in [1.54, 1.807) is 24.3 Å². The molecule has 0 radical (unpaired) electrons. The van der Waals surface area contributed by atoms with Crippen molar-refractivity contribution < 1.29 is 38.0 Å². The molecule has 0 saturated carbocycles. The first-order valence-corrected chi connectivity index (χ1v) is 18.4. The van der Waals surface area contributed by atoms with Crippen molar-refractivity contribution in [1.82, 2.24) is 0 Å². The number of unbranched alkanes of at least 4 members (excludes halogenated alkanes) is 18. The van der Waals surface area contributed by atoms with E-state index in [4.69, 9.17) is 9.05 Å². The van der Waals surface area contributed by atoms with Gasteiger partial charge < -0.3 is 9.05 Å². The second kappa shape index (κ2) is 25.2. The van der Waals surface area contributed by atoms with Gasteiger partial charge in [0.1, 0.15) is 11.5 Å². The predicted molar refractivity (Wildman–Crippen MR) is 175 cm³/mol. The molecule has 0 saturated heterocycles. The van der Waals surface area contributed by atoms with Gasteiger partial charge in [-0.25, -0.2) is 4.57 Å². The molecule has 0 aliphatic carbocycles. The normalized spacial score (nSPS) is 11.3. The van der Waals surface area contributed by atoms with Crippen molar-refractivity contribution in [3.63, 3.8) is 0 Å². The fourth-order valence-electron chi connectivity index (χ4n) is 5.35. The minimum absolute atomic E-state index is 0. The monoisotopic (exact) mass is 650 g/mol. The zero-order chi connectivity index (χ0) is 29.4. The molecule has 2 aromatic carbocycles. The van der Waals surface area contributed by atoms with Gasteiger partial charge >= 0.3 is 7.82 Å². The molecule has 0 fully saturated rings. The Morgan fingerprint density at radius 1 is 0.476 bits per heavy atom. The van der Waals surface area contributed by atoms with Crippen LogP contribution in [0, 0.1) is 0 Å². The first kappa shape index (κ1) is 38.9. The maximum absolute atomic E-state index is 12.6. The Hall–Kier alpha value is -1.15. The van der Waals surface area contributed by atoms with Crippen LogP contribution in [0.25, 0.3) is 0 Å². The zero-order valence-electron chi connectivity index (χ0n) is 27.0. The number of hydrogen-bond donors (Lipinski definition) is 1. The number of aryl methyl sites for hydroxylation is 2. The molecule has 2 aromatic rings. The van der Waals surface area contributed by atoms with Crippen LogP contribution in [0.2, 0.25) is 0 Å². The van der Waals surface area contributed by atoms with Crippen molar-refractivity contribution in [3.8, 4) is 11.5 Å². The number of benzene rings is 2. The summed E-state index contributed by atoms with van der Waals surface area (Å²) in [6, 6.07) is 14.9. The van der Waals surface area contributed by atoms with Crippen molar-refractivity contribution in [3.05, 3.63) is 59.7 Å². The second-order valence-electron chi connectivity index (χ2n) is 11.8. The summed E-state index contributed by atoms with van der Waals surface area (Å²) in [4.78, 5) is 10.3. The predicted octanol–water partition coefficient (Wildman–Crippen LogP) is 12.2. The first-order chi connectivity index (χ1) is 20.0. The van der Waals surface area contributed by atoms with E-state index in [1.165, 1.54) is 140 Å². The van der Waals surface area contributed by atoms with E-state index in [9.17, 15) is 9.46 Å². The summed E-state index contributed by atoms with van der Waals surface area (Å²) in [6.07, 6.45) is 28.6. The topological polar surface area (TPSA) is 55.8 Å². The third-order valence-corrected chi connectivity index (χ3v) is 8.81. The molecule has 0 atom stereocenters. The van der Waals surface area contributed by atoms with Gasteiger partial charge in [0.2, 0.25) is 0 Å². The van der Waals surface area contributed by atoms with Gasteiger partial charge in [-0.2, -0.15) is 0 Å². The Labute approximate surface area is 271 Å². The molecular formula is C36H59O4PZn. The summed E-state index contributed by atoms with van der Waals surface area (Å²) in [5.41, 5.74) is 2.45. The van der Waals surface area contributed by atoms with Crippen LogP contribution >= 0.6 is 7.82 Å². The quantitative estimate of drug-likeness (QED) is 0.0624. The van der Waals surface area contributed by atoms with Gasteiger partial charge in [0.05, 0.1) is 0 Å². The Morgan fingerprint density at radius 2 is 0.738 bits per heavy atom. The summed E-state index contributed by atoms with van der Waals surface area (Å²) < 4.78 is 23.2. The SMILES string of the molecule is CCCCCCCCCCCCc1ccc(OP(=O)(O)Oc2ccc(CCCCCCCCCCCC)cc2)cc1.[Zn]. The van der Waals surface area contributed by atoms with E-state index in [-0.39, 0.29) is 19.5 Å². The average Bonchev–Trinajstić information content (AvgIpc) is 2.96. The van der Waals surface area contributed by atoms with E-state index >= 15 is 0 Å². The average molecular weight is 652 g/mol. The summed E-state index contributed by atoms with van der Waals surface area (Å²) in [5, 5.41) is 0. The van der Waals surface area contributed by atoms with Crippen LogP contribution in [0.15, 0.2) is 48.5 Å². The van der Waals surface area contributed by atoms with Crippen molar-refractivity contribution in [2.45, 2.75) is 155 Å². The fourth-order valence-corrected chi connectivity index (χ4v) is 6.17. The van der Waals surface area contributed by atoms with E-state index in [0.29, 0.717) is 11.5 Å². The van der Waals surface area contributed by atoms with E-state index in [2.05, 4.69) is 13.8 Å². The van der Waals surface area contributed by atoms with Gasteiger partial charge in [-0.1, -0.05) is 154 Å². The standard InChI is InChI=1S/C36H59O4P.Zn/c1-3-5-7-9-11-13-15-17-19-21-23-33-25-29-35(30-26-33)39-41(37,38)40-36-31-27-34(28-32-36)24-22-20-18-16-14-12-10-8-6-4-2;/h25-32H,3-24H2,1-2H3,(H,37,38);. The Bertz CT molecular complexity index is 859. The van der Waals surface area contributed by atoms with Crippen LogP contribution < -0.4 is 9.05 Å². The molecule has 1 N–H and O–H groups in total. The third kappa shape index (κ3) is 19.9. The van der Waals surface area contributed by atoms with Gasteiger partial charge in [0.15, 0.2) is 0 Å². The summed E-state index contributed by atoms with van der Waals surface area (Å²) in [6.45, 7) is 4.53. The molecule has 0 aliphatic rings. The second-order valence-corrected chi connectivity index (χ2v) is 13.1. The summed E-state index contributed by atoms with van der Waals surface area (Å²) in [5.74, 6) is 0.695. The van der Waals surface area contributed by atoms with Crippen LogP contribution in [0.1, 0.15) is 153 Å². The number of phosphoric ester groups is 1. The van der Waals surface area contributed by atoms with Gasteiger partial charge in [0, 0.05) is 19.5 Å². The number of rotatable bonds is 26.